The Morgan fingerprint density at radius 2 is 2.38 bits per heavy atom. The molecule has 0 aliphatic rings. The monoisotopic (exact) mass is 259 g/mol. The van der Waals surface area contributed by atoms with Crippen LogP contribution in [0.4, 0.5) is 0 Å². The van der Waals surface area contributed by atoms with Gasteiger partial charge < -0.3 is 9.42 Å². The van der Waals surface area contributed by atoms with Crippen LogP contribution in [0.3, 0.4) is 0 Å². The SMILES string of the molecule is CCC(C)OP(=O)(O)Cc1ccc(C#N)s1. The van der Waals surface area contributed by atoms with Gasteiger partial charge in [0.2, 0.25) is 0 Å². The number of hydrogen-bond donors (Lipinski definition) is 1. The molecule has 6 heteroatoms. The summed E-state index contributed by atoms with van der Waals surface area (Å²) >= 11 is 1.22. The highest BCUT2D eigenvalue weighted by atomic mass is 32.1. The Hall–Kier alpha value is -0.660. The van der Waals surface area contributed by atoms with Crippen molar-refractivity contribution in [1.29, 1.82) is 5.26 Å². The van der Waals surface area contributed by atoms with Crippen molar-refractivity contribution in [1.82, 2.24) is 0 Å². The molecule has 0 aromatic carbocycles. The van der Waals surface area contributed by atoms with Crippen LogP contribution in [0.1, 0.15) is 30.0 Å². The lowest BCUT2D eigenvalue weighted by atomic mass is 10.3. The van der Waals surface area contributed by atoms with E-state index in [-0.39, 0.29) is 12.3 Å². The molecule has 0 saturated heterocycles. The van der Waals surface area contributed by atoms with Gasteiger partial charge in [0.15, 0.2) is 0 Å². The minimum absolute atomic E-state index is 0.0241. The summed E-state index contributed by atoms with van der Waals surface area (Å²) < 4.78 is 16.8. The third-order valence-electron chi connectivity index (χ3n) is 2.05. The fourth-order valence-electron chi connectivity index (χ4n) is 1.11. The Bertz CT molecular complexity index is 438. The molecule has 0 radical (unpaired) electrons. The van der Waals surface area contributed by atoms with Crippen molar-refractivity contribution in [3.05, 3.63) is 21.9 Å². The van der Waals surface area contributed by atoms with E-state index in [0.717, 1.165) is 0 Å². The number of nitriles is 1. The van der Waals surface area contributed by atoms with Crippen LogP contribution in [0.2, 0.25) is 0 Å². The lowest BCUT2D eigenvalue weighted by Gasteiger charge is -2.15. The quantitative estimate of drug-likeness (QED) is 0.825. The molecule has 2 unspecified atom stereocenters. The zero-order valence-electron chi connectivity index (χ0n) is 9.21. The molecule has 0 fully saturated rings. The minimum atomic E-state index is -3.58. The Labute approximate surface area is 99.0 Å². The van der Waals surface area contributed by atoms with Gasteiger partial charge in [-0.3, -0.25) is 4.57 Å². The van der Waals surface area contributed by atoms with Gasteiger partial charge in [-0.2, -0.15) is 5.26 Å². The highest BCUT2D eigenvalue weighted by Crippen LogP contribution is 2.48. The van der Waals surface area contributed by atoms with Gasteiger partial charge in [-0.25, -0.2) is 0 Å². The van der Waals surface area contributed by atoms with Crippen molar-refractivity contribution in [2.45, 2.75) is 32.5 Å². The third kappa shape index (κ3) is 4.07. The van der Waals surface area contributed by atoms with Crippen molar-refractivity contribution < 1.29 is 14.0 Å². The highest BCUT2D eigenvalue weighted by molar-refractivity contribution is 7.52. The summed E-state index contributed by atoms with van der Waals surface area (Å²) in [6.45, 7) is 3.65. The molecule has 1 aromatic heterocycles. The second-order valence-electron chi connectivity index (χ2n) is 3.50. The molecule has 0 aliphatic carbocycles. The van der Waals surface area contributed by atoms with Gasteiger partial charge in [0.25, 0.3) is 0 Å². The first kappa shape index (κ1) is 13.4. The van der Waals surface area contributed by atoms with E-state index >= 15 is 0 Å². The lowest BCUT2D eigenvalue weighted by Crippen LogP contribution is -2.05. The topological polar surface area (TPSA) is 70.3 Å². The zero-order valence-corrected chi connectivity index (χ0v) is 10.9. The molecule has 16 heavy (non-hydrogen) atoms. The molecule has 0 bridgehead atoms. The summed E-state index contributed by atoms with van der Waals surface area (Å²) in [5.74, 6) is 0. The zero-order chi connectivity index (χ0) is 12.2. The van der Waals surface area contributed by atoms with Crippen LogP contribution in [0.15, 0.2) is 12.1 Å². The number of thiophene rings is 1. The van der Waals surface area contributed by atoms with Crippen molar-refractivity contribution >= 4 is 18.9 Å². The average Bonchev–Trinajstić information content (AvgIpc) is 2.63. The van der Waals surface area contributed by atoms with E-state index < -0.39 is 7.60 Å². The van der Waals surface area contributed by atoms with E-state index in [0.29, 0.717) is 16.2 Å². The summed E-state index contributed by atoms with van der Waals surface area (Å²) in [5.41, 5.74) is 0. The van der Waals surface area contributed by atoms with Gasteiger partial charge >= 0.3 is 7.60 Å². The predicted octanol–water partition coefficient (Wildman–Crippen LogP) is 3.12. The maximum atomic E-state index is 11.7. The van der Waals surface area contributed by atoms with Crippen LogP contribution >= 0.6 is 18.9 Å². The fraction of sp³-hybridized carbons (Fsp3) is 0.500. The number of rotatable bonds is 5. The third-order valence-corrected chi connectivity index (χ3v) is 4.68. The summed E-state index contributed by atoms with van der Waals surface area (Å²) in [6.07, 6.45) is 0.438. The second-order valence-corrected chi connectivity index (χ2v) is 6.47. The Morgan fingerprint density at radius 1 is 1.69 bits per heavy atom. The molecule has 0 aliphatic heterocycles. The lowest BCUT2D eigenvalue weighted by molar-refractivity contribution is 0.185. The second kappa shape index (κ2) is 5.60. The standard InChI is InChI=1S/C10H14NO3PS/c1-3-8(2)14-15(12,13)7-10-5-4-9(6-11)16-10/h4-5,8H,3,7H2,1-2H3,(H,12,13). The first-order valence-electron chi connectivity index (χ1n) is 4.96. The molecule has 1 rings (SSSR count). The Kier molecular flexibility index (Phi) is 4.69. The van der Waals surface area contributed by atoms with E-state index in [9.17, 15) is 9.46 Å². The van der Waals surface area contributed by atoms with Gasteiger partial charge in [-0.1, -0.05) is 6.92 Å². The fourth-order valence-corrected chi connectivity index (χ4v) is 3.75. The van der Waals surface area contributed by atoms with E-state index in [4.69, 9.17) is 9.79 Å². The highest BCUT2D eigenvalue weighted by Gasteiger charge is 2.23. The first-order valence-corrected chi connectivity index (χ1v) is 7.54. The van der Waals surface area contributed by atoms with Crippen LogP contribution in [-0.4, -0.2) is 11.0 Å². The van der Waals surface area contributed by atoms with Crippen LogP contribution in [0.25, 0.3) is 0 Å². The smallest absolute Gasteiger partial charge is 0.324 e. The molecule has 0 saturated carbocycles. The largest absolute Gasteiger partial charge is 0.333 e. The van der Waals surface area contributed by atoms with Crippen molar-refractivity contribution in [2.75, 3.05) is 0 Å². The number of nitrogens with zero attached hydrogens (tertiary/aromatic N) is 1. The summed E-state index contributed by atoms with van der Waals surface area (Å²) in [5, 5.41) is 8.63. The first-order chi connectivity index (χ1) is 7.46. The molecular formula is C10H14NO3PS. The van der Waals surface area contributed by atoms with E-state index in [1.165, 1.54) is 11.3 Å². The summed E-state index contributed by atoms with van der Waals surface area (Å²) in [4.78, 5) is 10.8. The van der Waals surface area contributed by atoms with Gasteiger partial charge in [0, 0.05) is 4.88 Å². The van der Waals surface area contributed by atoms with Crippen LogP contribution in [-0.2, 0) is 15.3 Å². The molecule has 4 nitrogen and oxygen atoms in total. The number of hydrogen-bond acceptors (Lipinski definition) is 4. The minimum Gasteiger partial charge on any atom is -0.324 e. The molecule has 1 heterocycles. The van der Waals surface area contributed by atoms with Crippen LogP contribution in [0, 0.1) is 11.3 Å². The Balaban J connectivity index is 2.65. The normalized spacial score (nSPS) is 16.4. The molecule has 2 atom stereocenters. The molecule has 88 valence electrons. The predicted molar refractivity (Wildman–Crippen MR) is 63.4 cm³/mol. The maximum Gasteiger partial charge on any atom is 0.333 e. The van der Waals surface area contributed by atoms with Crippen molar-refractivity contribution in [3.8, 4) is 6.07 Å². The molecule has 1 aromatic rings. The van der Waals surface area contributed by atoms with E-state index in [1.807, 2.05) is 13.0 Å². The van der Waals surface area contributed by atoms with Gasteiger partial charge in [-0.05, 0) is 25.5 Å². The van der Waals surface area contributed by atoms with Crippen molar-refractivity contribution in [2.24, 2.45) is 0 Å². The molecular weight excluding hydrogens is 245 g/mol. The van der Waals surface area contributed by atoms with Gasteiger partial charge in [-0.15, -0.1) is 11.3 Å². The summed E-state index contributed by atoms with van der Waals surface area (Å²) in [6, 6.07) is 5.32. The van der Waals surface area contributed by atoms with Gasteiger partial charge in [0.1, 0.15) is 10.9 Å². The maximum absolute atomic E-state index is 11.7. The molecule has 1 N–H and O–H groups in total. The molecule has 0 spiro atoms. The van der Waals surface area contributed by atoms with Crippen LogP contribution < -0.4 is 0 Å². The van der Waals surface area contributed by atoms with Crippen LogP contribution in [0.5, 0.6) is 0 Å². The van der Waals surface area contributed by atoms with E-state index in [1.54, 1.807) is 19.1 Å². The van der Waals surface area contributed by atoms with E-state index in [2.05, 4.69) is 0 Å². The van der Waals surface area contributed by atoms with Crippen molar-refractivity contribution in [3.63, 3.8) is 0 Å². The Morgan fingerprint density at radius 3 is 2.88 bits per heavy atom. The molecule has 0 amide bonds. The van der Waals surface area contributed by atoms with Gasteiger partial charge in [0.05, 0.1) is 12.3 Å². The average molecular weight is 259 g/mol. The summed E-state index contributed by atoms with van der Waals surface area (Å²) in [7, 11) is -3.58.